The van der Waals surface area contributed by atoms with E-state index in [1.807, 2.05) is 24.3 Å². The Morgan fingerprint density at radius 1 is 0.818 bits per heavy atom. The van der Waals surface area contributed by atoms with Crippen LogP contribution in [0, 0.1) is 5.82 Å². The second kappa shape index (κ2) is 5.07. The highest BCUT2D eigenvalue weighted by Crippen LogP contribution is 2.39. The van der Waals surface area contributed by atoms with Crippen LogP contribution in [-0.4, -0.2) is 9.97 Å². The summed E-state index contributed by atoms with van der Waals surface area (Å²) < 4.78 is 19.2. The summed E-state index contributed by atoms with van der Waals surface area (Å²) in [7, 11) is 0. The third-order valence-corrected chi connectivity index (χ3v) is 3.52. The summed E-state index contributed by atoms with van der Waals surface area (Å²) in [4.78, 5) is 8.45. The fourth-order valence-electron chi connectivity index (χ4n) is 2.52. The molecule has 0 radical (unpaired) electrons. The van der Waals surface area contributed by atoms with E-state index in [9.17, 15) is 4.39 Å². The highest BCUT2D eigenvalue weighted by molar-refractivity contribution is 5.99. The van der Waals surface area contributed by atoms with Crippen molar-refractivity contribution < 1.29 is 8.81 Å². The van der Waals surface area contributed by atoms with E-state index >= 15 is 0 Å². The van der Waals surface area contributed by atoms with Gasteiger partial charge in [-0.15, -0.1) is 0 Å². The van der Waals surface area contributed by atoms with Crippen molar-refractivity contribution in [2.45, 2.75) is 0 Å². The Labute approximate surface area is 126 Å². The normalized spacial score (nSPS) is 11.0. The van der Waals surface area contributed by atoms with Gasteiger partial charge in [0.2, 0.25) is 0 Å². The van der Waals surface area contributed by atoms with E-state index in [-0.39, 0.29) is 5.82 Å². The van der Waals surface area contributed by atoms with Gasteiger partial charge >= 0.3 is 0 Å². The average Bonchev–Trinajstić information content (AvgIpc) is 2.96. The maximum absolute atomic E-state index is 13.2. The van der Waals surface area contributed by atoms with Crippen molar-refractivity contribution in [1.82, 2.24) is 9.97 Å². The Bertz CT molecular complexity index is 930. The maximum Gasteiger partial charge on any atom is 0.153 e. The Hall–Kier alpha value is -3.01. The Kier molecular flexibility index (Phi) is 2.93. The van der Waals surface area contributed by atoms with Gasteiger partial charge in [0.05, 0.1) is 5.56 Å². The molecule has 1 aromatic carbocycles. The zero-order chi connectivity index (χ0) is 14.9. The second-order valence-electron chi connectivity index (χ2n) is 4.90. The number of furan rings is 1. The summed E-state index contributed by atoms with van der Waals surface area (Å²) >= 11 is 0. The molecule has 0 N–H and O–H groups in total. The standard InChI is InChI=1S/C18H11FN2O/c19-14-5-3-12(4-6-14)16-17-15(2-1-9-21-17)22-18(16)13-7-10-20-11-8-13/h1-11H. The molecule has 0 atom stereocenters. The SMILES string of the molecule is Fc1ccc(-c2c(-c3ccncc3)oc3cccnc23)cc1. The highest BCUT2D eigenvalue weighted by Gasteiger charge is 2.18. The number of halogens is 1. The number of pyridine rings is 2. The quantitative estimate of drug-likeness (QED) is 0.537. The molecule has 0 bridgehead atoms. The van der Waals surface area contributed by atoms with Crippen molar-refractivity contribution in [1.29, 1.82) is 0 Å². The molecule has 4 aromatic rings. The first-order valence-electron chi connectivity index (χ1n) is 6.87. The molecule has 4 rings (SSSR count). The fourth-order valence-corrected chi connectivity index (χ4v) is 2.52. The number of fused-ring (bicyclic) bond motifs is 1. The van der Waals surface area contributed by atoms with Crippen LogP contribution in [0.1, 0.15) is 0 Å². The van der Waals surface area contributed by atoms with Gasteiger partial charge in [-0.2, -0.15) is 0 Å². The van der Waals surface area contributed by atoms with Gasteiger partial charge in [0, 0.05) is 24.2 Å². The summed E-state index contributed by atoms with van der Waals surface area (Å²) in [5, 5.41) is 0. The predicted octanol–water partition coefficient (Wildman–Crippen LogP) is 4.70. The molecule has 0 spiro atoms. The van der Waals surface area contributed by atoms with Gasteiger partial charge < -0.3 is 4.42 Å². The van der Waals surface area contributed by atoms with Gasteiger partial charge in [-0.1, -0.05) is 12.1 Å². The van der Waals surface area contributed by atoms with Crippen LogP contribution in [0.25, 0.3) is 33.6 Å². The van der Waals surface area contributed by atoms with E-state index < -0.39 is 0 Å². The molecule has 0 aliphatic heterocycles. The molecule has 3 aromatic heterocycles. The number of aromatic nitrogens is 2. The van der Waals surface area contributed by atoms with Crippen molar-refractivity contribution in [3.05, 3.63) is 72.9 Å². The van der Waals surface area contributed by atoms with Crippen LogP contribution in [0.15, 0.2) is 71.5 Å². The van der Waals surface area contributed by atoms with E-state index in [4.69, 9.17) is 4.42 Å². The molecule has 0 saturated carbocycles. The molecular formula is C18H11FN2O. The van der Waals surface area contributed by atoms with Gasteiger partial charge in [0.25, 0.3) is 0 Å². The van der Waals surface area contributed by atoms with Crippen molar-refractivity contribution >= 4 is 11.1 Å². The molecule has 3 nitrogen and oxygen atoms in total. The molecule has 106 valence electrons. The van der Waals surface area contributed by atoms with E-state index in [0.29, 0.717) is 11.3 Å². The van der Waals surface area contributed by atoms with Crippen LogP contribution in [-0.2, 0) is 0 Å². The largest absolute Gasteiger partial charge is 0.454 e. The van der Waals surface area contributed by atoms with Crippen LogP contribution >= 0.6 is 0 Å². The lowest BCUT2D eigenvalue weighted by Gasteiger charge is -2.03. The first-order valence-corrected chi connectivity index (χ1v) is 6.87. The molecular weight excluding hydrogens is 279 g/mol. The van der Waals surface area contributed by atoms with Crippen LogP contribution in [0.3, 0.4) is 0 Å². The number of hydrogen-bond acceptors (Lipinski definition) is 3. The minimum atomic E-state index is -0.269. The zero-order valence-corrected chi connectivity index (χ0v) is 11.5. The number of benzene rings is 1. The highest BCUT2D eigenvalue weighted by atomic mass is 19.1. The van der Waals surface area contributed by atoms with Gasteiger partial charge in [-0.05, 0) is 42.0 Å². The van der Waals surface area contributed by atoms with E-state index in [1.54, 1.807) is 30.7 Å². The molecule has 4 heteroatoms. The minimum absolute atomic E-state index is 0.269. The maximum atomic E-state index is 13.2. The van der Waals surface area contributed by atoms with Crippen LogP contribution in [0.5, 0.6) is 0 Å². The summed E-state index contributed by atoms with van der Waals surface area (Å²) in [5.41, 5.74) is 4.11. The number of rotatable bonds is 2. The average molecular weight is 290 g/mol. The predicted molar refractivity (Wildman–Crippen MR) is 82.6 cm³/mol. The second-order valence-corrected chi connectivity index (χ2v) is 4.90. The molecule has 0 amide bonds. The molecule has 0 unspecified atom stereocenters. The molecule has 22 heavy (non-hydrogen) atoms. The van der Waals surface area contributed by atoms with Crippen LogP contribution in [0.4, 0.5) is 4.39 Å². The van der Waals surface area contributed by atoms with Crippen molar-refractivity contribution in [3.63, 3.8) is 0 Å². The monoisotopic (exact) mass is 290 g/mol. The van der Waals surface area contributed by atoms with E-state index in [0.717, 1.165) is 22.2 Å². The summed E-state index contributed by atoms with van der Waals surface area (Å²) in [5.74, 6) is 0.442. The molecule has 0 aliphatic rings. The Morgan fingerprint density at radius 3 is 2.36 bits per heavy atom. The Balaban J connectivity index is 2.04. The van der Waals surface area contributed by atoms with Crippen molar-refractivity contribution in [2.75, 3.05) is 0 Å². The van der Waals surface area contributed by atoms with Crippen LogP contribution in [0.2, 0.25) is 0 Å². The number of hydrogen-bond donors (Lipinski definition) is 0. The first kappa shape index (κ1) is 12.7. The molecule has 0 saturated heterocycles. The molecule has 3 heterocycles. The van der Waals surface area contributed by atoms with Crippen molar-refractivity contribution in [3.8, 4) is 22.5 Å². The minimum Gasteiger partial charge on any atom is -0.454 e. The topological polar surface area (TPSA) is 38.9 Å². The zero-order valence-electron chi connectivity index (χ0n) is 11.5. The number of nitrogens with zero attached hydrogens (tertiary/aromatic N) is 2. The lowest BCUT2D eigenvalue weighted by atomic mass is 10.0. The van der Waals surface area contributed by atoms with Crippen molar-refractivity contribution in [2.24, 2.45) is 0 Å². The lowest BCUT2D eigenvalue weighted by Crippen LogP contribution is -1.83. The summed E-state index contributed by atoms with van der Waals surface area (Å²) in [6.07, 6.45) is 5.15. The van der Waals surface area contributed by atoms with Gasteiger partial charge in [0.15, 0.2) is 5.58 Å². The molecule has 0 fully saturated rings. The fraction of sp³-hybridized carbons (Fsp3) is 0. The summed E-state index contributed by atoms with van der Waals surface area (Å²) in [6, 6.07) is 13.8. The smallest absolute Gasteiger partial charge is 0.153 e. The van der Waals surface area contributed by atoms with E-state index in [1.165, 1.54) is 12.1 Å². The molecule has 0 aliphatic carbocycles. The third kappa shape index (κ3) is 2.05. The third-order valence-electron chi connectivity index (χ3n) is 3.52. The Morgan fingerprint density at radius 2 is 1.59 bits per heavy atom. The first-order chi connectivity index (χ1) is 10.8. The summed E-state index contributed by atoms with van der Waals surface area (Å²) in [6.45, 7) is 0. The van der Waals surface area contributed by atoms with Gasteiger partial charge in [-0.3, -0.25) is 9.97 Å². The van der Waals surface area contributed by atoms with Gasteiger partial charge in [0.1, 0.15) is 17.1 Å². The van der Waals surface area contributed by atoms with Gasteiger partial charge in [-0.25, -0.2) is 4.39 Å². The van der Waals surface area contributed by atoms with Crippen LogP contribution < -0.4 is 0 Å². The lowest BCUT2D eigenvalue weighted by molar-refractivity contribution is 0.627. The van der Waals surface area contributed by atoms with E-state index in [2.05, 4.69) is 9.97 Å².